The molecule has 1 rings (SSSR count). The van der Waals surface area contributed by atoms with Crippen LogP contribution in [0.15, 0.2) is 0 Å². The summed E-state index contributed by atoms with van der Waals surface area (Å²) in [5, 5.41) is 14.2. The number of amides is 1. The second kappa shape index (κ2) is 4.95. The first kappa shape index (κ1) is 11.0. The Bertz CT molecular complexity index is 224. The van der Waals surface area contributed by atoms with E-state index in [0.717, 1.165) is 19.4 Å². The maximum absolute atomic E-state index is 11.5. The number of carboxylic acid groups (broad SMARTS) is 1. The Morgan fingerprint density at radius 1 is 1.57 bits per heavy atom. The van der Waals surface area contributed by atoms with Crippen molar-refractivity contribution in [1.29, 1.82) is 0 Å². The molecular weight excluding hydrogens is 184 g/mol. The summed E-state index contributed by atoms with van der Waals surface area (Å²) in [7, 11) is 0. The van der Waals surface area contributed by atoms with Crippen molar-refractivity contribution >= 4 is 11.9 Å². The van der Waals surface area contributed by atoms with Gasteiger partial charge in [0.25, 0.3) is 0 Å². The SMILES string of the molecule is CC(NC(=O)C1CCCNC1)C(=O)O. The third kappa shape index (κ3) is 2.99. The number of rotatable bonds is 3. The van der Waals surface area contributed by atoms with Gasteiger partial charge in [0.2, 0.25) is 5.91 Å². The lowest BCUT2D eigenvalue weighted by Crippen LogP contribution is -2.46. The molecule has 1 saturated heterocycles. The maximum Gasteiger partial charge on any atom is 0.325 e. The van der Waals surface area contributed by atoms with Crippen LogP contribution >= 0.6 is 0 Å². The van der Waals surface area contributed by atoms with Crippen molar-refractivity contribution < 1.29 is 14.7 Å². The Balaban J connectivity index is 2.36. The summed E-state index contributed by atoms with van der Waals surface area (Å²) in [6.07, 6.45) is 1.81. The normalized spacial score (nSPS) is 23.9. The first-order chi connectivity index (χ1) is 6.61. The fourth-order valence-corrected chi connectivity index (χ4v) is 1.47. The van der Waals surface area contributed by atoms with E-state index in [1.807, 2.05) is 0 Å². The molecule has 80 valence electrons. The molecule has 5 heteroatoms. The van der Waals surface area contributed by atoms with Crippen molar-refractivity contribution in [1.82, 2.24) is 10.6 Å². The number of hydrogen-bond donors (Lipinski definition) is 3. The van der Waals surface area contributed by atoms with E-state index in [-0.39, 0.29) is 11.8 Å². The van der Waals surface area contributed by atoms with E-state index >= 15 is 0 Å². The van der Waals surface area contributed by atoms with Crippen molar-refractivity contribution in [3.05, 3.63) is 0 Å². The van der Waals surface area contributed by atoms with Crippen molar-refractivity contribution in [2.24, 2.45) is 5.92 Å². The Morgan fingerprint density at radius 2 is 2.29 bits per heavy atom. The first-order valence-corrected chi connectivity index (χ1v) is 4.85. The summed E-state index contributed by atoms with van der Waals surface area (Å²) in [5.41, 5.74) is 0. The second-order valence-corrected chi connectivity index (χ2v) is 3.61. The van der Waals surface area contributed by atoms with Gasteiger partial charge in [-0.3, -0.25) is 9.59 Å². The van der Waals surface area contributed by atoms with E-state index in [4.69, 9.17) is 5.11 Å². The molecule has 5 nitrogen and oxygen atoms in total. The van der Waals surface area contributed by atoms with Gasteiger partial charge in [-0.2, -0.15) is 0 Å². The molecule has 1 aliphatic rings. The molecule has 0 saturated carbocycles. The lowest BCUT2D eigenvalue weighted by Gasteiger charge is -2.22. The summed E-state index contributed by atoms with van der Waals surface area (Å²) in [5.74, 6) is -1.24. The van der Waals surface area contributed by atoms with Crippen LogP contribution in [0, 0.1) is 5.92 Å². The number of hydrogen-bond acceptors (Lipinski definition) is 3. The number of aliphatic carboxylic acids is 1. The second-order valence-electron chi connectivity index (χ2n) is 3.61. The molecule has 2 unspecified atom stereocenters. The summed E-state index contributed by atoms with van der Waals surface area (Å²) in [6.45, 7) is 3.06. The molecule has 1 amide bonds. The smallest absolute Gasteiger partial charge is 0.325 e. The van der Waals surface area contributed by atoms with Crippen molar-refractivity contribution in [2.75, 3.05) is 13.1 Å². The average molecular weight is 200 g/mol. The van der Waals surface area contributed by atoms with Crippen molar-refractivity contribution in [2.45, 2.75) is 25.8 Å². The monoisotopic (exact) mass is 200 g/mol. The lowest BCUT2D eigenvalue weighted by molar-refractivity contribution is -0.142. The van der Waals surface area contributed by atoms with Gasteiger partial charge in [-0.25, -0.2) is 0 Å². The van der Waals surface area contributed by atoms with Crippen LogP contribution in [0.25, 0.3) is 0 Å². The van der Waals surface area contributed by atoms with Crippen LogP contribution in [-0.4, -0.2) is 36.1 Å². The minimum Gasteiger partial charge on any atom is -0.480 e. The molecule has 2 atom stereocenters. The zero-order valence-corrected chi connectivity index (χ0v) is 8.25. The average Bonchev–Trinajstić information content (AvgIpc) is 2.19. The van der Waals surface area contributed by atoms with E-state index in [0.29, 0.717) is 6.54 Å². The highest BCUT2D eigenvalue weighted by Crippen LogP contribution is 2.09. The zero-order valence-electron chi connectivity index (χ0n) is 8.25. The Kier molecular flexibility index (Phi) is 3.88. The largest absolute Gasteiger partial charge is 0.480 e. The highest BCUT2D eigenvalue weighted by molar-refractivity contribution is 5.84. The number of nitrogens with one attached hydrogen (secondary N) is 2. The number of carbonyl (C=O) groups excluding carboxylic acids is 1. The van der Waals surface area contributed by atoms with Gasteiger partial charge in [0, 0.05) is 6.54 Å². The van der Waals surface area contributed by atoms with Crippen LogP contribution in [0.2, 0.25) is 0 Å². The summed E-state index contributed by atoms with van der Waals surface area (Å²) in [6, 6.07) is -0.801. The standard InChI is InChI=1S/C9H16N2O3/c1-6(9(13)14)11-8(12)7-3-2-4-10-5-7/h6-7,10H,2-5H2,1H3,(H,11,12)(H,13,14). The zero-order chi connectivity index (χ0) is 10.6. The van der Waals surface area contributed by atoms with Crippen LogP contribution in [0.1, 0.15) is 19.8 Å². The van der Waals surface area contributed by atoms with Crippen LogP contribution in [-0.2, 0) is 9.59 Å². The quantitative estimate of drug-likeness (QED) is 0.578. The highest BCUT2D eigenvalue weighted by atomic mass is 16.4. The molecule has 0 aromatic carbocycles. The van der Waals surface area contributed by atoms with E-state index in [1.54, 1.807) is 0 Å². The molecule has 0 bridgehead atoms. The summed E-state index contributed by atoms with van der Waals surface area (Å²) >= 11 is 0. The van der Waals surface area contributed by atoms with Gasteiger partial charge >= 0.3 is 5.97 Å². The molecule has 0 aliphatic carbocycles. The molecule has 0 radical (unpaired) electrons. The number of carboxylic acids is 1. The molecule has 3 N–H and O–H groups in total. The van der Waals surface area contributed by atoms with Gasteiger partial charge < -0.3 is 15.7 Å². The fraction of sp³-hybridized carbons (Fsp3) is 0.778. The molecular formula is C9H16N2O3. The fourth-order valence-electron chi connectivity index (χ4n) is 1.47. The van der Waals surface area contributed by atoms with E-state index < -0.39 is 12.0 Å². The minimum atomic E-state index is -0.998. The van der Waals surface area contributed by atoms with Gasteiger partial charge in [-0.1, -0.05) is 0 Å². The molecule has 1 aliphatic heterocycles. The third-order valence-electron chi connectivity index (χ3n) is 2.40. The Labute approximate surface area is 82.9 Å². The molecule has 1 fully saturated rings. The van der Waals surface area contributed by atoms with E-state index in [1.165, 1.54) is 6.92 Å². The van der Waals surface area contributed by atoms with Crippen LogP contribution in [0.4, 0.5) is 0 Å². The topological polar surface area (TPSA) is 78.4 Å². The molecule has 1 heterocycles. The van der Waals surface area contributed by atoms with Crippen LogP contribution in [0.3, 0.4) is 0 Å². The summed E-state index contributed by atoms with van der Waals surface area (Å²) < 4.78 is 0. The lowest BCUT2D eigenvalue weighted by atomic mass is 9.98. The maximum atomic E-state index is 11.5. The first-order valence-electron chi connectivity index (χ1n) is 4.85. The predicted molar refractivity (Wildman–Crippen MR) is 50.8 cm³/mol. The molecule has 14 heavy (non-hydrogen) atoms. The van der Waals surface area contributed by atoms with Crippen LogP contribution < -0.4 is 10.6 Å². The molecule has 0 aromatic rings. The van der Waals surface area contributed by atoms with Gasteiger partial charge in [0.05, 0.1) is 5.92 Å². The van der Waals surface area contributed by atoms with E-state index in [2.05, 4.69) is 10.6 Å². The molecule has 0 spiro atoms. The van der Waals surface area contributed by atoms with Crippen molar-refractivity contribution in [3.8, 4) is 0 Å². The highest BCUT2D eigenvalue weighted by Gasteiger charge is 2.23. The predicted octanol–water partition coefficient (Wildman–Crippen LogP) is -0.425. The van der Waals surface area contributed by atoms with Gasteiger partial charge in [0.1, 0.15) is 6.04 Å². The van der Waals surface area contributed by atoms with E-state index in [9.17, 15) is 9.59 Å². The van der Waals surface area contributed by atoms with Crippen molar-refractivity contribution in [3.63, 3.8) is 0 Å². The van der Waals surface area contributed by atoms with Crippen LogP contribution in [0.5, 0.6) is 0 Å². The van der Waals surface area contributed by atoms with Gasteiger partial charge in [-0.05, 0) is 26.3 Å². The molecule has 0 aromatic heterocycles. The minimum absolute atomic E-state index is 0.0782. The van der Waals surface area contributed by atoms with Gasteiger partial charge in [-0.15, -0.1) is 0 Å². The Hall–Kier alpha value is -1.10. The third-order valence-corrected chi connectivity index (χ3v) is 2.40. The Morgan fingerprint density at radius 3 is 2.79 bits per heavy atom. The summed E-state index contributed by atoms with van der Waals surface area (Å²) in [4.78, 5) is 22.0. The number of carbonyl (C=O) groups is 2. The number of piperidine rings is 1. The van der Waals surface area contributed by atoms with Gasteiger partial charge in [0.15, 0.2) is 0 Å².